The highest BCUT2D eigenvalue weighted by atomic mass is 16.6. The predicted molar refractivity (Wildman–Crippen MR) is 113 cm³/mol. The molecule has 0 unspecified atom stereocenters. The Balaban J connectivity index is 1.31. The fraction of sp³-hybridized carbons (Fsp3) is 0.682. The van der Waals surface area contributed by atoms with Crippen LogP contribution in [0.2, 0.25) is 0 Å². The second-order valence-corrected chi connectivity index (χ2v) is 8.49. The Kier molecular flexibility index (Phi) is 7.90. The second kappa shape index (κ2) is 10.6. The van der Waals surface area contributed by atoms with Crippen molar-refractivity contribution in [2.75, 3.05) is 18.5 Å². The van der Waals surface area contributed by atoms with Gasteiger partial charge < -0.3 is 25.2 Å². The molecule has 2 aliphatic rings. The number of anilines is 1. The summed E-state index contributed by atoms with van der Waals surface area (Å²) in [5, 5.41) is 15.0. The number of rotatable bonds is 10. The number of carboxylic acid groups (broad SMARTS) is 1. The van der Waals surface area contributed by atoms with Crippen LogP contribution in [0.25, 0.3) is 0 Å². The lowest BCUT2D eigenvalue weighted by molar-refractivity contribution is -0.140. The van der Waals surface area contributed by atoms with Gasteiger partial charge in [0.1, 0.15) is 11.9 Å². The van der Waals surface area contributed by atoms with Crippen molar-refractivity contribution in [2.45, 2.75) is 77.0 Å². The first-order valence-electron chi connectivity index (χ1n) is 10.9. The number of hydrogen-bond acceptors (Lipinski definition) is 6. The fourth-order valence-corrected chi connectivity index (χ4v) is 3.91. The van der Waals surface area contributed by atoms with E-state index < -0.39 is 18.1 Å². The lowest BCUT2D eigenvalue weighted by Gasteiger charge is -2.35. The molecular weight excluding hydrogens is 386 g/mol. The first-order valence-corrected chi connectivity index (χ1v) is 10.9. The van der Waals surface area contributed by atoms with Crippen molar-refractivity contribution in [3.63, 3.8) is 0 Å². The number of alkyl carbamates (subject to hydrolysis) is 1. The number of fused-ring (bicyclic) bond motifs is 1. The standard InChI is InChI=1S/C22H33N3O5/c1-14(2)30-22(28)25-19(21(26)27)9-11-29-18-12-15(13-18)5-7-17-8-6-16-4-3-10-23-20(16)24-17/h6,8,14-15,18-19H,3-5,7,9-13H2,1-2H3,(H,23,24)(H,25,28)(H,26,27)/t15-,18-,19-/m0/s1. The normalized spacial score (nSPS) is 21.2. The van der Waals surface area contributed by atoms with Gasteiger partial charge in [-0.2, -0.15) is 0 Å². The average Bonchev–Trinajstić information content (AvgIpc) is 2.67. The zero-order valence-electron chi connectivity index (χ0n) is 17.9. The number of hydrogen-bond donors (Lipinski definition) is 3. The molecule has 8 nitrogen and oxygen atoms in total. The maximum atomic E-state index is 11.6. The molecule has 1 fully saturated rings. The highest BCUT2D eigenvalue weighted by molar-refractivity contribution is 5.79. The van der Waals surface area contributed by atoms with Crippen LogP contribution in [0.4, 0.5) is 10.6 Å². The third kappa shape index (κ3) is 6.58. The van der Waals surface area contributed by atoms with Crippen LogP contribution in [0.5, 0.6) is 0 Å². The van der Waals surface area contributed by atoms with E-state index in [1.54, 1.807) is 13.8 Å². The minimum absolute atomic E-state index is 0.171. The summed E-state index contributed by atoms with van der Waals surface area (Å²) in [6.07, 6.45) is 5.69. The molecule has 2 heterocycles. The Hall–Kier alpha value is -2.35. The van der Waals surface area contributed by atoms with Crippen molar-refractivity contribution in [1.29, 1.82) is 0 Å². The van der Waals surface area contributed by atoms with E-state index >= 15 is 0 Å². The molecular formula is C22H33N3O5. The van der Waals surface area contributed by atoms with Crippen molar-refractivity contribution in [2.24, 2.45) is 5.92 Å². The Labute approximate surface area is 177 Å². The zero-order chi connectivity index (χ0) is 21.5. The highest BCUT2D eigenvalue weighted by Gasteiger charge is 2.30. The van der Waals surface area contributed by atoms with Gasteiger partial charge in [-0.25, -0.2) is 14.6 Å². The van der Waals surface area contributed by atoms with E-state index in [4.69, 9.17) is 14.5 Å². The van der Waals surface area contributed by atoms with Gasteiger partial charge in [-0.15, -0.1) is 0 Å². The van der Waals surface area contributed by atoms with E-state index in [2.05, 4.69) is 22.8 Å². The summed E-state index contributed by atoms with van der Waals surface area (Å²) in [6, 6.07) is 3.33. The van der Waals surface area contributed by atoms with E-state index in [9.17, 15) is 14.7 Å². The summed E-state index contributed by atoms with van der Waals surface area (Å²) in [5.74, 6) is 0.584. The van der Waals surface area contributed by atoms with Gasteiger partial charge in [-0.3, -0.25) is 0 Å². The van der Waals surface area contributed by atoms with Crippen molar-refractivity contribution in [3.8, 4) is 0 Å². The van der Waals surface area contributed by atoms with Crippen molar-refractivity contribution < 1.29 is 24.2 Å². The molecule has 8 heteroatoms. The Morgan fingerprint density at radius 1 is 1.33 bits per heavy atom. The summed E-state index contributed by atoms with van der Waals surface area (Å²) in [5.41, 5.74) is 2.45. The van der Waals surface area contributed by atoms with E-state index in [1.807, 2.05) is 0 Å². The number of ether oxygens (including phenoxy) is 2. The minimum atomic E-state index is -1.09. The number of aliphatic carboxylic acids is 1. The summed E-state index contributed by atoms with van der Waals surface area (Å²) in [7, 11) is 0. The van der Waals surface area contributed by atoms with Gasteiger partial charge >= 0.3 is 12.1 Å². The first kappa shape index (κ1) is 22.3. The molecule has 0 saturated heterocycles. The van der Waals surface area contributed by atoms with Crippen LogP contribution < -0.4 is 10.6 Å². The van der Waals surface area contributed by atoms with E-state index in [1.165, 1.54) is 12.0 Å². The maximum Gasteiger partial charge on any atom is 0.408 e. The Morgan fingerprint density at radius 2 is 2.13 bits per heavy atom. The Morgan fingerprint density at radius 3 is 2.87 bits per heavy atom. The topological polar surface area (TPSA) is 110 Å². The quantitative estimate of drug-likeness (QED) is 0.534. The van der Waals surface area contributed by atoms with Gasteiger partial charge in [0, 0.05) is 25.3 Å². The molecule has 1 aromatic rings. The summed E-state index contributed by atoms with van der Waals surface area (Å²) in [4.78, 5) is 27.6. The zero-order valence-corrected chi connectivity index (χ0v) is 17.9. The molecule has 1 amide bonds. The number of carbonyl (C=O) groups excluding carboxylic acids is 1. The third-order valence-electron chi connectivity index (χ3n) is 5.65. The number of aromatic nitrogens is 1. The summed E-state index contributed by atoms with van der Waals surface area (Å²) in [6.45, 7) is 4.73. The molecule has 1 atom stereocenters. The van der Waals surface area contributed by atoms with Crippen LogP contribution in [-0.2, 0) is 27.1 Å². The average molecular weight is 420 g/mol. The SMILES string of the molecule is CC(C)OC(=O)N[C@@H](CCO[C@H]1C[C@H](CCc2ccc3c(n2)NCCC3)C1)C(=O)O. The van der Waals surface area contributed by atoms with Crippen molar-refractivity contribution >= 4 is 17.9 Å². The van der Waals surface area contributed by atoms with E-state index in [-0.39, 0.29) is 18.6 Å². The molecule has 0 radical (unpaired) electrons. The van der Waals surface area contributed by atoms with Gasteiger partial charge in [0.05, 0.1) is 12.2 Å². The first-order chi connectivity index (χ1) is 14.4. The monoisotopic (exact) mass is 419 g/mol. The largest absolute Gasteiger partial charge is 0.480 e. The number of carbonyl (C=O) groups is 2. The van der Waals surface area contributed by atoms with Crippen LogP contribution >= 0.6 is 0 Å². The lowest BCUT2D eigenvalue weighted by atomic mass is 9.79. The molecule has 0 bridgehead atoms. The number of aryl methyl sites for hydroxylation is 2. The molecule has 1 saturated carbocycles. The second-order valence-electron chi connectivity index (χ2n) is 8.49. The summed E-state index contributed by atoms with van der Waals surface area (Å²) >= 11 is 0. The number of amides is 1. The number of pyridine rings is 1. The van der Waals surface area contributed by atoms with Crippen LogP contribution in [0.1, 0.15) is 57.2 Å². The molecule has 1 aromatic heterocycles. The molecule has 0 spiro atoms. The third-order valence-corrected chi connectivity index (χ3v) is 5.65. The number of nitrogens with one attached hydrogen (secondary N) is 2. The molecule has 166 valence electrons. The van der Waals surface area contributed by atoms with Gasteiger partial charge in [0.25, 0.3) is 0 Å². The molecule has 0 aromatic carbocycles. The van der Waals surface area contributed by atoms with Crippen LogP contribution in [0.3, 0.4) is 0 Å². The number of carboxylic acids is 1. The smallest absolute Gasteiger partial charge is 0.408 e. The van der Waals surface area contributed by atoms with Crippen LogP contribution in [-0.4, -0.2) is 53.6 Å². The van der Waals surface area contributed by atoms with Crippen molar-refractivity contribution in [1.82, 2.24) is 10.3 Å². The van der Waals surface area contributed by atoms with E-state index in [0.717, 1.165) is 50.2 Å². The van der Waals surface area contributed by atoms with Gasteiger partial charge in [-0.1, -0.05) is 6.07 Å². The molecule has 3 rings (SSSR count). The predicted octanol–water partition coefficient (Wildman–Crippen LogP) is 3.15. The minimum Gasteiger partial charge on any atom is -0.480 e. The van der Waals surface area contributed by atoms with Crippen LogP contribution in [0, 0.1) is 5.92 Å². The lowest BCUT2D eigenvalue weighted by Crippen LogP contribution is -2.43. The molecule has 1 aliphatic heterocycles. The number of nitrogens with zero attached hydrogens (tertiary/aromatic N) is 1. The Bertz CT molecular complexity index is 733. The van der Waals surface area contributed by atoms with Crippen LogP contribution in [0.15, 0.2) is 12.1 Å². The molecule has 1 aliphatic carbocycles. The van der Waals surface area contributed by atoms with Gasteiger partial charge in [-0.05, 0) is 69.9 Å². The summed E-state index contributed by atoms with van der Waals surface area (Å²) < 4.78 is 10.7. The maximum absolute atomic E-state index is 11.6. The molecule has 30 heavy (non-hydrogen) atoms. The fourth-order valence-electron chi connectivity index (χ4n) is 3.91. The van der Waals surface area contributed by atoms with Crippen molar-refractivity contribution in [3.05, 3.63) is 23.4 Å². The van der Waals surface area contributed by atoms with Gasteiger partial charge in [0.15, 0.2) is 0 Å². The molecule has 3 N–H and O–H groups in total. The highest BCUT2D eigenvalue weighted by Crippen LogP contribution is 2.34. The van der Waals surface area contributed by atoms with E-state index in [0.29, 0.717) is 12.5 Å². The van der Waals surface area contributed by atoms with Gasteiger partial charge in [0.2, 0.25) is 0 Å².